The predicted octanol–water partition coefficient (Wildman–Crippen LogP) is 3.77. The van der Waals surface area contributed by atoms with Gasteiger partial charge in [-0.15, -0.1) is 12.3 Å². The number of terminal acetylenes is 1. The summed E-state index contributed by atoms with van der Waals surface area (Å²) in [5.74, 6) is 2.58. The fraction of sp³-hybridized carbons (Fsp3) is 0.526. The standard InChI is InChI=1S/C19H27NO2/c1-4-6-8-9-19(21)20-15-18(22-14-7-5-2)17-12-10-16(3)11-13-17/h1,10-13,18H,5-9,14-15H2,2-3H3,(H,20,21). The van der Waals surface area contributed by atoms with Crippen LogP contribution in [-0.2, 0) is 9.53 Å². The van der Waals surface area contributed by atoms with Crippen molar-refractivity contribution in [3.05, 3.63) is 35.4 Å². The molecule has 1 unspecified atom stereocenters. The molecule has 22 heavy (non-hydrogen) atoms. The van der Waals surface area contributed by atoms with Crippen molar-refractivity contribution >= 4 is 5.91 Å². The molecule has 0 bridgehead atoms. The average Bonchev–Trinajstić information content (AvgIpc) is 2.52. The summed E-state index contributed by atoms with van der Waals surface area (Å²) >= 11 is 0. The molecule has 3 heteroatoms. The van der Waals surface area contributed by atoms with E-state index in [1.54, 1.807) is 0 Å². The van der Waals surface area contributed by atoms with Crippen LogP contribution >= 0.6 is 0 Å². The van der Waals surface area contributed by atoms with Crippen molar-refractivity contribution in [3.63, 3.8) is 0 Å². The SMILES string of the molecule is C#CCCCC(=O)NCC(OCCCC)c1ccc(C)cc1. The number of ether oxygens (including phenoxy) is 1. The Morgan fingerprint density at radius 1 is 1.32 bits per heavy atom. The molecule has 3 nitrogen and oxygen atoms in total. The summed E-state index contributed by atoms with van der Waals surface area (Å²) in [5.41, 5.74) is 2.32. The minimum Gasteiger partial charge on any atom is -0.372 e. The van der Waals surface area contributed by atoms with Crippen LogP contribution in [0.3, 0.4) is 0 Å². The molecule has 0 saturated heterocycles. The first-order valence-electron chi connectivity index (χ1n) is 8.05. The Morgan fingerprint density at radius 2 is 2.05 bits per heavy atom. The van der Waals surface area contributed by atoms with Gasteiger partial charge in [-0.25, -0.2) is 0 Å². The molecule has 1 atom stereocenters. The van der Waals surface area contributed by atoms with Gasteiger partial charge in [0.2, 0.25) is 5.91 Å². The second kappa shape index (κ2) is 10.9. The highest BCUT2D eigenvalue weighted by Crippen LogP contribution is 2.18. The Labute approximate surface area is 134 Å². The van der Waals surface area contributed by atoms with E-state index in [9.17, 15) is 4.79 Å². The van der Waals surface area contributed by atoms with Crippen LogP contribution in [0, 0.1) is 19.3 Å². The van der Waals surface area contributed by atoms with Gasteiger partial charge >= 0.3 is 0 Å². The van der Waals surface area contributed by atoms with E-state index in [0.29, 0.717) is 26.0 Å². The third-order valence-electron chi connectivity index (χ3n) is 3.48. The molecule has 1 amide bonds. The maximum Gasteiger partial charge on any atom is 0.220 e. The number of hydrogen-bond donors (Lipinski definition) is 1. The first-order valence-corrected chi connectivity index (χ1v) is 8.05. The van der Waals surface area contributed by atoms with E-state index in [4.69, 9.17) is 11.2 Å². The number of aryl methyl sites for hydroxylation is 1. The van der Waals surface area contributed by atoms with Crippen LogP contribution in [0.2, 0.25) is 0 Å². The van der Waals surface area contributed by atoms with Crippen molar-refractivity contribution in [1.29, 1.82) is 0 Å². The molecule has 0 aliphatic rings. The lowest BCUT2D eigenvalue weighted by molar-refractivity contribution is -0.121. The summed E-state index contributed by atoms with van der Waals surface area (Å²) < 4.78 is 5.94. The molecular formula is C19H27NO2. The van der Waals surface area contributed by atoms with Gasteiger partial charge in [0.25, 0.3) is 0 Å². The molecule has 1 N–H and O–H groups in total. The van der Waals surface area contributed by atoms with Crippen LogP contribution in [0.1, 0.15) is 56.3 Å². The molecule has 0 aliphatic heterocycles. The van der Waals surface area contributed by atoms with Gasteiger partial charge in [-0.2, -0.15) is 0 Å². The number of amides is 1. The Morgan fingerprint density at radius 3 is 2.68 bits per heavy atom. The second-order valence-electron chi connectivity index (χ2n) is 5.49. The third-order valence-corrected chi connectivity index (χ3v) is 3.48. The van der Waals surface area contributed by atoms with Gasteiger partial charge in [-0.3, -0.25) is 4.79 Å². The molecule has 0 aliphatic carbocycles. The molecule has 1 aromatic rings. The van der Waals surface area contributed by atoms with Gasteiger partial charge in [0, 0.05) is 26.0 Å². The fourth-order valence-corrected chi connectivity index (χ4v) is 2.07. The van der Waals surface area contributed by atoms with Gasteiger partial charge in [0.15, 0.2) is 0 Å². The summed E-state index contributed by atoms with van der Waals surface area (Å²) in [4.78, 5) is 11.8. The Balaban J connectivity index is 2.53. The van der Waals surface area contributed by atoms with E-state index < -0.39 is 0 Å². The topological polar surface area (TPSA) is 38.3 Å². The summed E-state index contributed by atoms with van der Waals surface area (Å²) in [6.07, 6.45) is 9.06. The molecule has 120 valence electrons. The zero-order chi connectivity index (χ0) is 16.2. The molecule has 1 aromatic carbocycles. The highest BCUT2D eigenvalue weighted by atomic mass is 16.5. The lowest BCUT2D eigenvalue weighted by atomic mass is 10.1. The van der Waals surface area contributed by atoms with Crippen LogP contribution < -0.4 is 5.32 Å². The van der Waals surface area contributed by atoms with Crippen LogP contribution in [-0.4, -0.2) is 19.1 Å². The Bertz CT molecular complexity index is 473. The van der Waals surface area contributed by atoms with Gasteiger partial charge in [0.1, 0.15) is 0 Å². The minimum atomic E-state index is -0.0938. The number of benzene rings is 1. The van der Waals surface area contributed by atoms with E-state index in [2.05, 4.69) is 49.4 Å². The summed E-state index contributed by atoms with van der Waals surface area (Å²) in [7, 11) is 0. The maximum atomic E-state index is 11.8. The van der Waals surface area contributed by atoms with Crippen molar-refractivity contribution in [2.45, 2.75) is 52.1 Å². The number of unbranched alkanes of at least 4 members (excludes halogenated alkanes) is 2. The van der Waals surface area contributed by atoms with Crippen LogP contribution in [0.4, 0.5) is 0 Å². The highest BCUT2D eigenvalue weighted by molar-refractivity contribution is 5.75. The number of nitrogens with one attached hydrogen (secondary N) is 1. The summed E-state index contributed by atoms with van der Waals surface area (Å²) in [6, 6.07) is 8.27. The van der Waals surface area contributed by atoms with Crippen LogP contribution in [0.5, 0.6) is 0 Å². The minimum absolute atomic E-state index is 0.0338. The van der Waals surface area contributed by atoms with Gasteiger partial charge in [0.05, 0.1) is 6.10 Å². The molecule has 1 rings (SSSR count). The zero-order valence-electron chi connectivity index (χ0n) is 13.7. The monoisotopic (exact) mass is 301 g/mol. The van der Waals surface area contributed by atoms with Gasteiger partial charge < -0.3 is 10.1 Å². The quantitative estimate of drug-likeness (QED) is 0.527. The molecule has 0 radical (unpaired) electrons. The normalized spacial score (nSPS) is 11.7. The lowest BCUT2D eigenvalue weighted by Crippen LogP contribution is -2.29. The average molecular weight is 301 g/mol. The predicted molar refractivity (Wildman–Crippen MR) is 90.5 cm³/mol. The summed E-state index contributed by atoms with van der Waals surface area (Å²) in [6.45, 7) is 5.41. The highest BCUT2D eigenvalue weighted by Gasteiger charge is 2.13. The number of rotatable bonds is 10. The lowest BCUT2D eigenvalue weighted by Gasteiger charge is -2.19. The Kier molecular flexibility index (Phi) is 9.02. The molecule has 0 fully saturated rings. The zero-order valence-corrected chi connectivity index (χ0v) is 13.7. The smallest absolute Gasteiger partial charge is 0.220 e. The van der Waals surface area contributed by atoms with Crippen molar-refractivity contribution < 1.29 is 9.53 Å². The Hall–Kier alpha value is -1.79. The van der Waals surface area contributed by atoms with Crippen molar-refractivity contribution in [1.82, 2.24) is 5.32 Å². The van der Waals surface area contributed by atoms with E-state index in [-0.39, 0.29) is 12.0 Å². The van der Waals surface area contributed by atoms with Crippen LogP contribution in [0.15, 0.2) is 24.3 Å². The molecule has 0 aromatic heterocycles. The largest absolute Gasteiger partial charge is 0.372 e. The van der Waals surface area contributed by atoms with E-state index in [1.807, 2.05) is 0 Å². The maximum absolute atomic E-state index is 11.8. The van der Waals surface area contributed by atoms with E-state index in [1.165, 1.54) is 5.56 Å². The molecule has 0 saturated carbocycles. The van der Waals surface area contributed by atoms with E-state index >= 15 is 0 Å². The fourth-order valence-electron chi connectivity index (χ4n) is 2.07. The van der Waals surface area contributed by atoms with Crippen molar-refractivity contribution in [2.75, 3.05) is 13.2 Å². The van der Waals surface area contributed by atoms with Crippen LogP contribution in [0.25, 0.3) is 0 Å². The molecule has 0 heterocycles. The first-order chi connectivity index (χ1) is 10.7. The van der Waals surface area contributed by atoms with Gasteiger partial charge in [-0.1, -0.05) is 43.2 Å². The van der Waals surface area contributed by atoms with Crippen molar-refractivity contribution in [3.8, 4) is 12.3 Å². The summed E-state index contributed by atoms with van der Waals surface area (Å²) in [5, 5.41) is 2.95. The molecular weight excluding hydrogens is 274 g/mol. The first kappa shape index (κ1) is 18.3. The number of carbonyl (C=O) groups is 1. The number of carbonyl (C=O) groups excluding carboxylic acids is 1. The molecule has 0 spiro atoms. The van der Waals surface area contributed by atoms with E-state index in [0.717, 1.165) is 24.8 Å². The second-order valence-corrected chi connectivity index (χ2v) is 5.49. The van der Waals surface area contributed by atoms with Gasteiger partial charge in [-0.05, 0) is 25.3 Å². The van der Waals surface area contributed by atoms with Crippen molar-refractivity contribution in [2.24, 2.45) is 0 Å². The third kappa shape index (κ3) is 7.28. The number of hydrogen-bond acceptors (Lipinski definition) is 2.